The highest BCUT2D eigenvalue weighted by molar-refractivity contribution is 9.10. The molecule has 0 bridgehead atoms. The topological polar surface area (TPSA) is 84.9 Å². The maximum absolute atomic E-state index is 13.9. The predicted molar refractivity (Wildman–Crippen MR) is 161 cm³/mol. The van der Waals surface area contributed by atoms with Crippen LogP contribution in [0.1, 0.15) is 18.1 Å². The van der Waals surface area contributed by atoms with Gasteiger partial charge in [-0.25, -0.2) is 8.78 Å². The van der Waals surface area contributed by atoms with E-state index in [1.165, 1.54) is 6.08 Å². The Morgan fingerprint density at radius 3 is 2.60 bits per heavy atom. The van der Waals surface area contributed by atoms with Crippen LogP contribution in [-0.4, -0.2) is 35.1 Å². The molecular weight excluding hydrogens is 630 g/mol. The van der Waals surface area contributed by atoms with E-state index >= 15 is 0 Å². The van der Waals surface area contributed by atoms with E-state index in [1.807, 2.05) is 49.4 Å². The van der Waals surface area contributed by atoms with Crippen molar-refractivity contribution in [3.05, 3.63) is 105 Å². The van der Waals surface area contributed by atoms with E-state index in [1.54, 1.807) is 12.1 Å². The molecule has 1 fully saturated rings. The Kier molecular flexibility index (Phi) is 8.89. The Balaban J connectivity index is 1.32. The standard InChI is InChI=1S/C31H23BrF2N2O5S/c1-2-40-26-13-18(12-23(32)29(26)41-17-20-8-5-7-19-6-3-4-9-22(19)20)14-27-30(38)36(31(39)42-27)16-28(37)35-25-11-10-21(33)15-24(25)34/h3-15H,2,16-17H2,1H3,(H,35,37)/b27-14+. The van der Waals surface area contributed by atoms with E-state index in [2.05, 4.69) is 21.2 Å². The molecule has 0 aliphatic carbocycles. The number of hydrogen-bond donors (Lipinski definition) is 1. The number of nitrogens with one attached hydrogen (secondary N) is 1. The molecule has 0 saturated carbocycles. The summed E-state index contributed by atoms with van der Waals surface area (Å²) in [5.74, 6) is -2.33. The minimum atomic E-state index is -0.974. The van der Waals surface area contributed by atoms with E-state index in [0.717, 1.165) is 33.4 Å². The van der Waals surface area contributed by atoms with Crippen molar-refractivity contribution in [1.82, 2.24) is 4.90 Å². The summed E-state index contributed by atoms with van der Waals surface area (Å²) in [6, 6.07) is 20.1. The van der Waals surface area contributed by atoms with Gasteiger partial charge in [-0.2, -0.15) is 0 Å². The lowest BCUT2D eigenvalue weighted by atomic mass is 10.1. The first-order valence-electron chi connectivity index (χ1n) is 12.8. The Hall–Kier alpha value is -4.22. The van der Waals surface area contributed by atoms with E-state index < -0.39 is 35.2 Å². The molecule has 7 nitrogen and oxygen atoms in total. The fourth-order valence-corrected chi connectivity index (χ4v) is 5.77. The van der Waals surface area contributed by atoms with E-state index in [0.29, 0.717) is 52.6 Å². The number of amides is 3. The number of anilines is 1. The van der Waals surface area contributed by atoms with Gasteiger partial charge in [-0.3, -0.25) is 19.3 Å². The number of halogens is 3. The van der Waals surface area contributed by atoms with Crippen LogP contribution in [0.4, 0.5) is 19.3 Å². The summed E-state index contributed by atoms with van der Waals surface area (Å²) in [7, 11) is 0. The third-order valence-electron chi connectivity index (χ3n) is 6.26. The van der Waals surface area contributed by atoms with Crippen LogP contribution in [0.15, 0.2) is 82.2 Å². The molecule has 0 radical (unpaired) electrons. The number of thioether (sulfide) groups is 1. The van der Waals surface area contributed by atoms with Crippen LogP contribution < -0.4 is 14.8 Å². The van der Waals surface area contributed by atoms with E-state index in [9.17, 15) is 23.2 Å². The number of rotatable bonds is 9. The van der Waals surface area contributed by atoms with E-state index in [-0.39, 0.29) is 10.6 Å². The highest BCUT2D eigenvalue weighted by Gasteiger charge is 2.36. The van der Waals surface area contributed by atoms with Crippen molar-refractivity contribution >= 4 is 67.3 Å². The average molecular weight is 654 g/mol. The van der Waals surface area contributed by atoms with Crippen LogP contribution in [0, 0.1) is 11.6 Å². The molecule has 11 heteroatoms. The summed E-state index contributed by atoms with van der Waals surface area (Å²) in [4.78, 5) is 38.8. The molecular formula is C31H23BrF2N2O5S. The van der Waals surface area contributed by atoms with Gasteiger partial charge in [-0.1, -0.05) is 42.5 Å². The van der Waals surface area contributed by atoms with Gasteiger partial charge >= 0.3 is 0 Å². The van der Waals surface area contributed by atoms with Gasteiger partial charge in [0, 0.05) is 6.07 Å². The van der Waals surface area contributed by atoms with E-state index in [4.69, 9.17) is 9.47 Å². The van der Waals surface area contributed by atoms with Gasteiger partial charge < -0.3 is 14.8 Å². The SMILES string of the molecule is CCOc1cc(/C=C2/SC(=O)N(CC(=O)Nc3ccc(F)cc3F)C2=O)cc(Br)c1OCc1cccc2ccccc12. The molecule has 4 aromatic carbocycles. The Labute approximate surface area is 252 Å². The van der Waals surface area contributed by atoms with Crippen LogP contribution in [0.3, 0.4) is 0 Å². The Morgan fingerprint density at radius 2 is 1.81 bits per heavy atom. The van der Waals surface area contributed by atoms with Crippen molar-refractivity contribution in [1.29, 1.82) is 0 Å². The lowest BCUT2D eigenvalue weighted by Crippen LogP contribution is -2.36. The number of hydrogen-bond acceptors (Lipinski definition) is 6. The lowest BCUT2D eigenvalue weighted by molar-refractivity contribution is -0.127. The number of carbonyl (C=O) groups is 3. The molecule has 1 saturated heterocycles. The molecule has 5 rings (SSSR count). The van der Waals surface area contributed by atoms with Crippen molar-refractivity contribution in [2.24, 2.45) is 0 Å². The van der Waals surface area contributed by atoms with Crippen molar-refractivity contribution < 1.29 is 32.6 Å². The summed E-state index contributed by atoms with van der Waals surface area (Å²) in [6.07, 6.45) is 1.52. The highest BCUT2D eigenvalue weighted by atomic mass is 79.9. The second-order valence-corrected chi connectivity index (χ2v) is 11.0. The molecule has 0 unspecified atom stereocenters. The second kappa shape index (κ2) is 12.7. The van der Waals surface area contributed by atoms with Gasteiger partial charge in [0.2, 0.25) is 5.91 Å². The quantitative estimate of drug-likeness (QED) is 0.188. The number of imide groups is 1. The number of nitrogens with zero attached hydrogens (tertiary/aromatic N) is 1. The van der Waals surface area contributed by atoms with Gasteiger partial charge in [0.05, 0.1) is 21.7 Å². The number of fused-ring (bicyclic) bond motifs is 1. The molecule has 1 heterocycles. The first kappa shape index (κ1) is 29.3. The zero-order valence-corrected chi connectivity index (χ0v) is 24.6. The minimum absolute atomic E-state index is 0.0968. The Bertz CT molecular complexity index is 1740. The molecule has 214 valence electrons. The van der Waals surface area contributed by atoms with Gasteiger partial charge in [0.15, 0.2) is 11.5 Å². The molecule has 1 N–H and O–H groups in total. The summed E-state index contributed by atoms with van der Waals surface area (Å²) in [5, 5.41) is 3.78. The van der Waals surface area contributed by atoms with Gasteiger partial charge in [0.25, 0.3) is 11.1 Å². The predicted octanol–water partition coefficient (Wildman–Crippen LogP) is 7.53. The summed E-state index contributed by atoms with van der Waals surface area (Å²) >= 11 is 4.22. The highest BCUT2D eigenvalue weighted by Crippen LogP contribution is 2.40. The fraction of sp³-hybridized carbons (Fsp3) is 0.129. The zero-order chi connectivity index (χ0) is 29.8. The van der Waals surface area contributed by atoms with Crippen LogP contribution in [0.5, 0.6) is 11.5 Å². The van der Waals surface area contributed by atoms with Crippen LogP contribution in [0.25, 0.3) is 16.8 Å². The normalized spacial score (nSPS) is 14.1. The zero-order valence-electron chi connectivity index (χ0n) is 22.2. The lowest BCUT2D eigenvalue weighted by Gasteiger charge is -2.16. The van der Waals surface area contributed by atoms with Gasteiger partial charge in [-0.05, 0) is 86.9 Å². The number of benzene rings is 4. The third kappa shape index (κ3) is 6.47. The Morgan fingerprint density at radius 1 is 1.02 bits per heavy atom. The van der Waals surface area contributed by atoms with Crippen LogP contribution >= 0.6 is 27.7 Å². The van der Waals surface area contributed by atoms with Crippen molar-refractivity contribution in [2.45, 2.75) is 13.5 Å². The minimum Gasteiger partial charge on any atom is -0.490 e. The summed E-state index contributed by atoms with van der Waals surface area (Å²) in [5.41, 5.74) is 1.30. The number of ether oxygens (including phenoxy) is 2. The maximum Gasteiger partial charge on any atom is 0.294 e. The smallest absolute Gasteiger partial charge is 0.294 e. The van der Waals surface area contributed by atoms with Gasteiger partial charge in [0.1, 0.15) is 24.8 Å². The van der Waals surface area contributed by atoms with Crippen LogP contribution in [-0.2, 0) is 16.2 Å². The van der Waals surface area contributed by atoms with Crippen molar-refractivity contribution in [2.75, 3.05) is 18.5 Å². The molecule has 0 atom stereocenters. The maximum atomic E-state index is 13.9. The largest absolute Gasteiger partial charge is 0.490 e. The van der Waals surface area contributed by atoms with Crippen molar-refractivity contribution in [3.8, 4) is 11.5 Å². The average Bonchev–Trinajstić information content (AvgIpc) is 3.21. The summed E-state index contributed by atoms with van der Waals surface area (Å²) in [6.45, 7) is 1.86. The number of carbonyl (C=O) groups excluding carboxylic acids is 3. The molecule has 42 heavy (non-hydrogen) atoms. The van der Waals surface area contributed by atoms with Crippen molar-refractivity contribution in [3.63, 3.8) is 0 Å². The van der Waals surface area contributed by atoms with Crippen LogP contribution in [0.2, 0.25) is 0 Å². The molecule has 1 aliphatic heterocycles. The first-order valence-corrected chi connectivity index (χ1v) is 14.4. The molecule has 4 aromatic rings. The summed E-state index contributed by atoms with van der Waals surface area (Å²) < 4.78 is 39.6. The third-order valence-corrected chi connectivity index (χ3v) is 7.76. The molecule has 0 aromatic heterocycles. The van der Waals surface area contributed by atoms with Gasteiger partial charge in [-0.15, -0.1) is 0 Å². The second-order valence-electron chi connectivity index (χ2n) is 9.13. The molecule has 0 spiro atoms. The fourth-order valence-electron chi connectivity index (χ4n) is 4.35. The molecule has 1 aliphatic rings. The first-order chi connectivity index (χ1) is 20.2. The monoisotopic (exact) mass is 652 g/mol. The molecule has 3 amide bonds.